The van der Waals surface area contributed by atoms with E-state index in [4.69, 9.17) is 0 Å². The molecule has 0 heterocycles. The lowest BCUT2D eigenvalue weighted by atomic mass is 9.77. The molecule has 1 aromatic rings. The van der Waals surface area contributed by atoms with E-state index in [1.807, 2.05) is 12.1 Å². The van der Waals surface area contributed by atoms with Crippen LogP contribution in [0.5, 0.6) is 0 Å². The Kier molecular flexibility index (Phi) is 4.96. The van der Waals surface area contributed by atoms with Crippen LogP contribution >= 0.6 is 0 Å². The minimum absolute atomic E-state index is 0.00108. The first-order valence-corrected chi connectivity index (χ1v) is 6.18. The predicted octanol–water partition coefficient (Wildman–Crippen LogP) is 5.04. The summed E-state index contributed by atoms with van der Waals surface area (Å²) in [5.74, 6) is 0. The van der Waals surface area contributed by atoms with Gasteiger partial charge < -0.3 is 0 Å². The summed E-state index contributed by atoms with van der Waals surface area (Å²) in [6, 6.07) is 10.6. The zero-order chi connectivity index (χ0) is 12.7. The van der Waals surface area contributed by atoms with Gasteiger partial charge in [-0.05, 0) is 17.6 Å². The summed E-state index contributed by atoms with van der Waals surface area (Å²) in [6.45, 7) is 10.5. The second kappa shape index (κ2) is 6.24. The number of benzene rings is 1. The molecule has 0 aliphatic rings. The fourth-order valence-corrected chi connectivity index (χ4v) is 1.86. The van der Waals surface area contributed by atoms with Crippen molar-refractivity contribution in [3.8, 4) is 0 Å². The van der Waals surface area contributed by atoms with Gasteiger partial charge in [0.2, 0.25) is 0 Å². The third-order valence-corrected chi connectivity index (χ3v) is 3.08. The van der Waals surface area contributed by atoms with Gasteiger partial charge in [-0.1, -0.05) is 82.0 Å². The Labute approximate surface area is 105 Å². The minimum Gasteiger partial charge on any atom is -0.0988 e. The van der Waals surface area contributed by atoms with E-state index in [-0.39, 0.29) is 5.41 Å². The van der Waals surface area contributed by atoms with Crippen LogP contribution in [0.2, 0.25) is 0 Å². The number of hydrogen-bond acceptors (Lipinski definition) is 0. The van der Waals surface area contributed by atoms with E-state index in [2.05, 4.69) is 69.8 Å². The maximum atomic E-state index is 3.93. The highest BCUT2D eigenvalue weighted by atomic mass is 14.3. The van der Waals surface area contributed by atoms with Gasteiger partial charge in [0.15, 0.2) is 0 Å². The molecule has 0 amide bonds. The quantitative estimate of drug-likeness (QED) is 0.617. The minimum atomic E-state index is 0.00108. The summed E-state index contributed by atoms with van der Waals surface area (Å²) >= 11 is 0. The maximum Gasteiger partial charge on any atom is 0.0146 e. The van der Waals surface area contributed by atoms with Gasteiger partial charge in [-0.2, -0.15) is 0 Å². The van der Waals surface area contributed by atoms with Crippen LogP contribution in [0.1, 0.15) is 32.8 Å². The first-order chi connectivity index (χ1) is 8.12. The van der Waals surface area contributed by atoms with E-state index >= 15 is 0 Å². The maximum absolute atomic E-state index is 3.93. The van der Waals surface area contributed by atoms with Crippen LogP contribution in [0.4, 0.5) is 0 Å². The van der Waals surface area contributed by atoms with E-state index in [0.29, 0.717) is 0 Å². The zero-order valence-electron chi connectivity index (χ0n) is 11.1. The molecule has 0 aromatic heterocycles. The molecule has 0 radical (unpaired) electrons. The fourth-order valence-electron chi connectivity index (χ4n) is 1.86. The highest BCUT2D eigenvalue weighted by Gasteiger charge is 2.22. The molecule has 0 saturated carbocycles. The van der Waals surface area contributed by atoms with Crippen LogP contribution in [-0.4, -0.2) is 0 Å². The predicted molar refractivity (Wildman–Crippen MR) is 77.2 cm³/mol. The van der Waals surface area contributed by atoms with Gasteiger partial charge in [0, 0.05) is 5.41 Å². The van der Waals surface area contributed by atoms with Crippen molar-refractivity contribution in [2.75, 3.05) is 0 Å². The molecule has 0 nitrogen and oxygen atoms in total. The highest BCUT2D eigenvalue weighted by molar-refractivity contribution is 5.40. The average Bonchev–Trinajstić information content (AvgIpc) is 2.35. The Balaban J connectivity index is 3.06. The molecule has 0 heteroatoms. The van der Waals surface area contributed by atoms with Crippen LogP contribution in [0, 0.1) is 0 Å². The molecule has 0 unspecified atom stereocenters. The SMILES string of the molecule is C=C/C(=C\C=C/CC)C(C)(C)c1ccccc1. The van der Waals surface area contributed by atoms with Crippen LogP contribution < -0.4 is 0 Å². The van der Waals surface area contributed by atoms with Crippen molar-refractivity contribution in [2.45, 2.75) is 32.6 Å². The molecule has 0 aliphatic heterocycles. The summed E-state index contributed by atoms with van der Waals surface area (Å²) in [5, 5.41) is 0. The first-order valence-electron chi connectivity index (χ1n) is 6.18. The molecule has 0 atom stereocenters. The molecular weight excluding hydrogens is 204 g/mol. The lowest BCUT2D eigenvalue weighted by Crippen LogP contribution is -2.19. The van der Waals surface area contributed by atoms with Gasteiger partial charge in [-0.25, -0.2) is 0 Å². The Hall–Kier alpha value is -1.56. The largest absolute Gasteiger partial charge is 0.0988 e. The Morgan fingerprint density at radius 2 is 1.88 bits per heavy atom. The second-order valence-corrected chi connectivity index (χ2v) is 4.65. The van der Waals surface area contributed by atoms with Gasteiger partial charge in [0.05, 0.1) is 0 Å². The molecule has 17 heavy (non-hydrogen) atoms. The molecule has 0 bridgehead atoms. The van der Waals surface area contributed by atoms with Gasteiger partial charge in [0.1, 0.15) is 0 Å². The molecule has 0 spiro atoms. The summed E-state index contributed by atoms with van der Waals surface area (Å²) in [7, 11) is 0. The van der Waals surface area contributed by atoms with Crippen LogP contribution in [0.15, 0.2) is 66.8 Å². The molecule has 1 aromatic carbocycles. The van der Waals surface area contributed by atoms with Crippen LogP contribution in [0.25, 0.3) is 0 Å². The third kappa shape index (κ3) is 3.45. The van der Waals surface area contributed by atoms with E-state index in [0.717, 1.165) is 6.42 Å². The smallest absolute Gasteiger partial charge is 0.0146 e. The van der Waals surface area contributed by atoms with E-state index in [9.17, 15) is 0 Å². The van der Waals surface area contributed by atoms with Gasteiger partial charge in [-0.15, -0.1) is 0 Å². The molecular formula is C17H22. The van der Waals surface area contributed by atoms with Gasteiger partial charge in [-0.3, -0.25) is 0 Å². The van der Waals surface area contributed by atoms with Crippen molar-refractivity contribution in [3.05, 3.63) is 72.4 Å². The summed E-state index contributed by atoms with van der Waals surface area (Å²) in [6.07, 6.45) is 9.44. The Bertz CT molecular complexity index is 405. The standard InChI is InChI=1S/C17H22/c1-5-7-9-12-15(6-2)17(3,4)16-13-10-8-11-14-16/h6-14H,2,5H2,1,3-4H3/b9-7-,15-12+. The lowest BCUT2D eigenvalue weighted by Gasteiger charge is -2.26. The monoisotopic (exact) mass is 226 g/mol. The molecule has 1 rings (SSSR count). The lowest BCUT2D eigenvalue weighted by molar-refractivity contribution is 0.639. The normalized spacial score (nSPS) is 13.0. The van der Waals surface area contributed by atoms with Gasteiger partial charge >= 0.3 is 0 Å². The summed E-state index contributed by atoms with van der Waals surface area (Å²) in [4.78, 5) is 0. The van der Waals surface area contributed by atoms with Crippen molar-refractivity contribution in [3.63, 3.8) is 0 Å². The van der Waals surface area contributed by atoms with E-state index < -0.39 is 0 Å². The van der Waals surface area contributed by atoms with Crippen molar-refractivity contribution in [1.29, 1.82) is 0 Å². The van der Waals surface area contributed by atoms with Crippen molar-refractivity contribution < 1.29 is 0 Å². The second-order valence-electron chi connectivity index (χ2n) is 4.65. The molecule has 90 valence electrons. The molecule has 0 aliphatic carbocycles. The first kappa shape index (κ1) is 13.5. The number of hydrogen-bond donors (Lipinski definition) is 0. The number of allylic oxidation sites excluding steroid dienone is 5. The highest BCUT2D eigenvalue weighted by Crippen LogP contribution is 2.31. The van der Waals surface area contributed by atoms with Crippen molar-refractivity contribution in [2.24, 2.45) is 0 Å². The summed E-state index contributed by atoms with van der Waals surface area (Å²) < 4.78 is 0. The third-order valence-electron chi connectivity index (χ3n) is 3.08. The zero-order valence-corrected chi connectivity index (χ0v) is 11.1. The van der Waals surface area contributed by atoms with Crippen LogP contribution in [-0.2, 0) is 5.41 Å². The molecule has 0 N–H and O–H groups in total. The summed E-state index contributed by atoms with van der Waals surface area (Å²) in [5.41, 5.74) is 2.56. The van der Waals surface area contributed by atoms with E-state index in [1.54, 1.807) is 0 Å². The van der Waals surface area contributed by atoms with Crippen molar-refractivity contribution >= 4 is 0 Å². The fraction of sp³-hybridized carbons (Fsp3) is 0.294. The Morgan fingerprint density at radius 3 is 2.41 bits per heavy atom. The Morgan fingerprint density at radius 1 is 1.24 bits per heavy atom. The van der Waals surface area contributed by atoms with Crippen LogP contribution in [0.3, 0.4) is 0 Å². The van der Waals surface area contributed by atoms with Crippen molar-refractivity contribution in [1.82, 2.24) is 0 Å². The topological polar surface area (TPSA) is 0 Å². The molecule has 0 saturated heterocycles. The molecule has 0 fully saturated rings. The number of rotatable bonds is 5. The van der Waals surface area contributed by atoms with E-state index in [1.165, 1.54) is 11.1 Å². The van der Waals surface area contributed by atoms with Gasteiger partial charge in [0.25, 0.3) is 0 Å². The average molecular weight is 226 g/mol.